The molecule has 1 aromatic carbocycles. The van der Waals surface area contributed by atoms with Crippen molar-refractivity contribution in [3.05, 3.63) is 23.8 Å². The van der Waals surface area contributed by atoms with Crippen LogP contribution in [0.5, 0.6) is 0 Å². The van der Waals surface area contributed by atoms with Gasteiger partial charge in [0.1, 0.15) is 0 Å². The van der Waals surface area contributed by atoms with E-state index in [0.29, 0.717) is 0 Å². The Balaban J connectivity index is 2.77. The summed E-state index contributed by atoms with van der Waals surface area (Å²) in [5.41, 5.74) is 7.55. The first kappa shape index (κ1) is 12.9. The van der Waals surface area contributed by atoms with Crippen LogP contribution in [0.1, 0.15) is 12.5 Å². The van der Waals surface area contributed by atoms with E-state index in [-0.39, 0.29) is 11.2 Å². The van der Waals surface area contributed by atoms with Crippen LogP contribution in [0, 0.1) is 6.92 Å². The van der Waals surface area contributed by atoms with Gasteiger partial charge < -0.3 is 10.6 Å². The highest BCUT2D eigenvalue weighted by atomic mass is 32.2. The number of carbonyl (C=O) groups is 1. The average Bonchev–Trinajstić information content (AvgIpc) is 2.20. The van der Waals surface area contributed by atoms with Gasteiger partial charge in [-0.3, -0.25) is 4.79 Å². The van der Waals surface area contributed by atoms with Crippen molar-refractivity contribution < 1.29 is 4.79 Å². The van der Waals surface area contributed by atoms with Crippen molar-refractivity contribution >= 4 is 23.4 Å². The summed E-state index contributed by atoms with van der Waals surface area (Å²) in [4.78, 5) is 14.4. The van der Waals surface area contributed by atoms with Crippen LogP contribution in [0.4, 0.5) is 5.69 Å². The number of amides is 1. The quantitative estimate of drug-likeness (QED) is 0.648. The van der Waals surface area contributed by atoms with Crippen LogP contribution in [-0.4, -0.2) is 30.2 Å². The Morgan fingerprint density at radius 3 is 2.56 bits per heavy atom. The van der Waals surface area contributed by atoms with Crippen molar-refractivity contribution in [3.63, 3.8) is 0 Å². The number of anilines is 1. The van der Waals surface area contributed by atoms with E-state index < -0.39 is 0 Å². The normalized spacial score (nSPS) is 12.2. The van der Waals surface area contributed by atoms with E-state index >= 15 is 0 Å². The molecule has 4 heteroatoms. The maximum Gasteiger partial charge on any atom is 0.235 e. The van der Waals surface area contributed by atoms with E-state index in [2.05, 4.69) is 0 Å². The Morgan fingerprint density at radius 1 is 1.44 bits per heavy atom. The van der Waals surface area contributed by atoms with Gasteiger partial charge in [-0.05, 0) is 37.6 Å². The van der Waals surface area contributed by atoms with Crippen LogP contribution in [0.25, 0.3) is 0 Å². The van der Waals surface area contributed by atoms with Crippen LogP contribution in [0.15, 0.2) is 23.1 Å². The van der Waals surface area contributed by atoms with E-state index in [4.69, 9.17) is 5.73 Å². The third kappa shape index (κ3) is 3.17. The van der Waals surface area contributed by atoms with Gasteiger partial charge in [0.2, 0.25) is 5.91 Å². The fraction of sp³-hybridized carbons (Fsp3) is 0.417. The zero-order valence-electron chi connectivity index (χ0n) is 10.2. The van der Waals surface area contributed by atoms with E-state index in [1.54, 1.807) is 30.8 Å². The number of rotatable bonds is 3. The lowest BCUT2D eigenvalue weighted by Gasteiger charge is -2.17. The number of nitrogens with two attached hydrogens (primary N) is 1. The summed E-state index contributed by atoms with van der Waals surface area (Å²) in [6.45, 7) is 3.92. The van der Waals surface area contributed by atoms with Gasteiger partial charge in [0, 0.05) is 24.7 Å². The first-order chi connectivity index (χ1) is 7.41. The number of carbonyl (C=O) groups excluding carboxylic acids is 1. The monoisotopic (exact) mass is 238 g/mol. The van der Waals surface area contributed by atoms with Crippen molar-refractivity contribution in [1.29, 1.82) is 0 Å². The summed E-state index contributed by atoms with van der Waals surface area (Å²) in [6.07, 6.45) is 0. The molecule has 0 bridgehead atoms. The van der Waals surface area contributed by atoms with Gasteiger partial charge in [-0.15, -0.1) is 11.8 Å². The van der Waals surface area contributed by atoms with Crippen molar-refractivity contribution in [2.45, 2.75) is 24.0 Å². The molecule has 16 heavy (non-hydrogen) atoms. The molecule has 1 aromatic rings. The Hall–Kier alpha value is -1.16. The van der Waals surface area contributed by atoms with Crippen LogP contribution >= 0.6 is 11.8 Å². The second-order valence-electron chi connectivity index (χ2n) is 4.02. The summed E-state index contributed by atoms with van der Waals surface area (Å²) >= 11 is 1.57. The fourth-order valence-electron chi connectivity index (χ4n) is 1.41. The molecule has 1 amide bonds. The first-order valence-electron chi connectivity index (χ1n) is 5.15. The molecule has 0 saturated heterocycles. The van der Waals surface area contributed by atoms with E-state index in [0.717, 1.165) is 16.1 Å². The van der Waals surface area contributed by atoms with Crippen LogP contribution < -0.4 is 5.73 Å². The molecular formula is C12H18N2OS. The second-order valence-corrected chi connectivity index (χ2v) is 5.40. The minimum atomic E-state index is -0.0719. The lowest BCUT2D eigenvalue weighted by Crippen LogP contribution is -2.29. The second kappa shape index (κ2) is 5.25. The summed E-state index contributed by atoms with van der Waals surface area (Å²) < 4.78 is 0. The Labute approximate surface area is 101 Å². The third-order valence-corrected chi connectivity index (χ3v) is 3.56. The summed E-state index contributed by atoms with van der Waals surface area (Å²) in [5, 5.41) is -0.0719. The number of hydrogen-bond acceptors (Lipinski definition) is 3. The number of hydrogen-bond donors (Lipinski definition) is 1. The highest BCUT2D eigenvalue weighted by molar-refractivity contribution is 8.00. The van der Waals surface area contributed by atoms with Gasteiger partial charge in [0.05, 0.1) is 5.25 Å². The predicted octanol–water partition coefficient (Wildman–Crippen LogP) is 2.15. The smallest absolute Gasteiger partial charge is 0.235 e. The molecule has 1 atom stereocenters. The SMILES string of the molecule is Cc1cc(N)ccc1SC(C)C(=O)N(C)C. The maximum atomic E-state index is 11.7. The van der Waals surface area contributed by atoms with Crippen LogP contribution in [0.2, 0.25) is 0 Å². The van der Waals surface area contributed by atoms with Crippen LogP contribution in [0.3, 0.4) is 0 Å². The molecular weight excluding hydrogens is 220 g/mol. The molecule has 0 heterocycles. The summed E-state index contributed by atoms with van der Waals surface area (Å²) in [7, 11) is 3.55. The zero-order valence-corrected chi connectivity index (χ0v) is 11.0. The van der Waals surface area contributed by atoms with E-state index in [9.17, 15) is 4.79 Å². The molecule has 3 nitrogen and oxygen atoms in total. The Bertz CT molecular complexity index is 391. The summed E-state index contributed by atoms with van der Waals surface area (Å²) in [5.74, 6) is 0.126. The van der Waals surface area contributed by atoms with Gasteiger partial charge in [0.15, 0.2) is 0 Å². The Morgan fingerprint density at radius 2 is 2.06 bits per heavy atom. The molecule has 0 aliphatic heterocycles. The molecule has 0 aromatic heterocycles. The number of benzene rings is 1. The molecule has 2 N–H and O–H groups in total. The number of nitrogens with zero attached hydrogens (tertiary/aromatic N) is 1. The number of nitrogen functional groups attached to an aromatic ring is 1. The van der Waals surface area contributed by atoms with Crippen molar-refractivity contribution in [2.24, 2.45) is 0 Å². The van der Waals surface area contributed by atoms with Gasteiger partial charge in [-0.1, -0.05) is 0 Å². The highest BCUT2D eigenvalue weighted by Gasteiger charge is 2.16. The molecule has 0 aliphatic carbocycles. The summed E-state index contributed by atoms with van der Waals surface area (Å²) in [6, 6.07) is 5.76. The topological polar surface area (TPSA) is 46.3 Å². The molecule has 88 valence electrons. The lowest BCUT2D eigenvalue weighted by atomic mass is 10.2. The zero-order chi connectivity index (χ0) is 12.3. The van der Waals surface area contributed by atoms with Gasteiger partial charge in [-0.2, -0.15) is 0 Å². The minimum absolute atomic E-state index is 0.0719. The van der Waals surface area contributed by atoms with Crippen LogP contribution in [-0.2, 0) is 4.79 Å². The first-order valence-corrected chi connectivity index (χ1v) is 6.03. The molecule has 1 rings (SSSR count). The highest BCUT2D eigenvalue weighted by Crippen LogP contribution is 2.28. The van der Waals surface area contributed by atoms with Crippen molar-refractivity contribution in [3.8, 4) is 0 Å². The average molecular weight is 238 g/mol. The number of thioether (sulfide) groups is 1. The molecule has 0 saturated carbocycles. The molecule has 0 aliphatic rings. The third-order valence-electron chi connectivity index (χ3n) is 2.29. The molecule has 0 spiro atoms. The molecule has 0 radical (unpaired) electrons. The van der Waals surface area contributed by atoms with Gasteiger partial charge >= 0.3 is 0 Å². The van der Waals surface area contributed by atoms with Gasteiger partial charge in [-0.25, -0.2) is 0 Å². The molecule has 1 unspecified atom stereocenters. The fourth-order valence-corrected chi connectivity index (χ4v) is 2.49. The standard InChI is InChI=1S/C12H18N2OS/c1-8-7-10(13)5-6-11(8)16-9(2)12(15)14(3)4/h5-7,9H,13H2,1-4H3. The number of aryl methyl sites for hydroxylation is 1. The van der Waals surface area contributed by atoms with Crippen molar-refractivity contribution in [2.75, 3.05) is 19.8 Å². The van der Waals surface area contributed by atoms with E-state index in [1.807, 2.05) is 32.0 Å². The minimum Gasteiger partial charge on any atom is -0.399 e. The Kier molecular flexibility index (Phi) is 4.24. The molecule has 0 fully saturated rings. The van der Waals surface area contributed by atoms with Crippen molar-refractivity contribution in [1.82, 2.24) is 4.90 Å². The van der Waals surface area contributed by atoms with E-state index in [1.165, 1.54) is 0 Å². The lowest BCUT2D eigenvalue weighted by molar-refractivity contribution is -0.127. The predicted molar refractivity (Wildman–Crippen MR) is 69.6 cm³/mol. The van der Waals surface area contributed by atoms with Gasteiger partial charge in [0.25, 0.3) is 0 Å². The largest absolute Gasteiger partial charge is 0.399 e. The maximum absolute atomic E-state index is 11.7.